The van der Waals surface area contributed by atoms with Crippen molar-refractivity contribution < 1.29 is 0 Å². The molecule has 2 aromatic carbocycles. The van der Waals surface area contributed by atoms with Crippen LogP contribution in [0.1, 0.15) is 11.1 Å². The summed E-state index contributed by atoms with van der Waals surface area (Å²) in [5, 5.41) is 18.4. The smallest absolute Gasteiger partial charge is 0.182 e. The zero-order chi connectivity index (χ0) is 14.7. The molecule has 0 aliphatic carbocycles. The maximum atomic E-state index is 6.03. The van der Waals surface area contributed by atoms with Gasteiger partial charge in [-0.15, -0.1) is 15.3 Å². The Morgan fingerprint density at radius 3 is 2.48 bits per heavy atom. The number of hydrogen-bond acceptors (Lipinski definition) is 4. The van der Waals surface area contributed by atoms with Gasteiger partial charge in [0, 0.05) is 10.8 Å². The maximum Gasteiger partial charge on any atom is 0.203 e. The van der Waals surface area contributed by atoms with Crippen LogP contribution in [0.25, 0.3) is 10.8 Å². The average molecular weight is 297 g/mol. The summed E-state index contributed by atoms with van der Waals surface area (Å²) in [5.41, 5.74) is 2.34. The molecule has 0 bridgehead atoms. The van der Waals surface area contributed by atoms with Gasteiger partial charge in [-0.1, -0.05) is 60.1 Å². The molecule has 0 aliphatic heterocycles. The van der Waals surface area contributed by atoms with Gasteiger partial charge in [0.1, 0.15) is 0 Å². The van der Waals surface area contributed by atoms with E-state index in [0.29, 0.717) is 17.5 Å². The van der Waals surface area contributed by atoms with E-state index in [-0.39, 0.29) is 0 Å². The van der Waals surface area contributed by atoms with Crippen LogP contribution in [0.4, 0.5) is 5.82 Å². The number of fused-ring (bicyclic) bond motifs is 1. The number of hydrogen-bond donors (Lipinski definition) is 0. The van der Waals surface area contributed by atoms with Crippen LogP contribution in [-0.2, 0) is 6.54 Å². The lowest BCUT2D eigenvalue weighted by Gasteiger charge is -2.02. The number of aryl methyl sites for hydroxylation is 1. The topological polar surface area (TPSA) is 50.5 Å². The Hall–Kier alpha value is -2.33. The largest absolute Gasteiger partial charge is 0.203 e. The number of nitrogens with zero attached hydrogens (tertiary/aromatic N) is 4. The highest BCUT2D eigenvalue weighted by atomic mass is 35.5. The van der Waals surface area contributed by atoms with Gasteiger partial charge in [0.15, 0.2) is 5.15 Å². The molecule has 0 unspecified atom stereocenters. The van der Waals surface area contributed by atoms with Crippen molar-refractivity contribution in [3.8, 4) is 0 Å². The Kier molecular flexibility index (Phi) is 3.88. The maximum absolute atomic E-state index is 6.03. The molecule has 4 nitrogen and oxygen atoms in total. The summed E-state index contributed by atoms with van der Waals surface area (Å²) < 4.78 is 0. The lowest BCUT2D eigenvalue weighted by molar-refractivity contribution is 0.921. The van der Waals surface area contributed by atoms with Crippen LogP contribution >= 0.6 is 11.6 Å². The standard InChI is InChI=1S/C16H13ClN4/c1-11-6-2-3-7-12(11)10-18-20-16-14-9-5-4-8-13(14)15(17)19-21-16/h2-9H,10H2,1H3. The summed E-state index contributed by atoms with van der Waals surface area (Å²) in [5.74, 6) is 0.489. The molecule has 1 heterocycles. The molecular weight excluding hydrogens is 284 g/mol. The zero-order valence-electron chi connectivity index (χ0n) is 11.5. The monoisotopic (exact) mass is 296 g/mol. The first-order chi connectivity index (χ1) is 10.3. The lowest BCUT2D eigenvalue weighted by Crippen LogP contribution is -1.87. The molecule has 0 atom stereocenters. The normalized spacial score (nSPS) is 11.3. The fraction of sp³-hybridized carbons (Fsp3) is 0.125. The fourth-order valence-electron chi connectivity index (χ4n) is 2.10. The van der Waals surface area contributed by atoms with Crippen molar-refractivity contribution in [1.82, 2.24) is 10.2 Å². The summed E-state index contributed by atoms with van der Waals surface area (Å²) in [4.78, 5) is 0. The molecule has 0 spiro atoms. The number of azo groups is 1. The van der Waals surface area contributed by atoms with Gasteiger partial charge in [-0.25, -0.2) is 0 Å². The van der Waals surface area contributed by atoms with Crippen LogP contribution in [0, 0.1) is 6.92 Å². The van der Waals surface area contributed by atoms with Crippen molar-refractivity contribution >= 4 is 28.2 Å². The van der Waals surface area contributed by atoms with Crippen molar-refractivity contribution in [1.29, 1.82) is 0 Å². The lowest BCUT2D eigenvalue weighted by atomic mass is 10.1. The van der Waals surface area contributed by atoms with Crippen LogP contribution in [0.2, 0.25) is 5.15 Å². The van der Waals surface area contributed by atoms with Gasteiger partial charge in [-0.2, -0.15) is 5.11 Å². The van der Waals surface area contributed by atoms with Gasteiger partial charge in [-0.3, -0.25) is 0 Å². The van der Waals surface area contributed by atoms with Crippen LogP contribution in [0.3, 0.4) is 0 Å². The molecule has 1 aromatic heterocycles. The van der Waals surface area contributed by atoms with Gasteiger partial charge < -0.3 is 0 Å². The highest BCUT2D eigenvalue weighted by molar-refractivity contribution is 6.34. The van der Waals surface area contributed by atoms with Crippen molar-refractivity contribution in [3.05, 3.63) is 64.8 Å². The minimum Gasteiger partial charge on any atom is -0.182 e. The molecule has 0 N–H and O–H groups in total. The second-order valence-corrected chi connectivity index (χ2v) is 5.04. The Morgan fingerprint density at radius 1 is 0.952 bits per heavy atom. The van der Waals surface area contributed by atoms with E-state index < -0.39 is 0 Å². The molecule has 0 saturated carbocycles. The summed E-state index contributed by atoms with van der Waals surface area (Å²) in [7, 11) is 0. The Balaban J connectivity index is 1.90. The molecule has 3 aromatic rings. The number of halogens is 1. The van der Waals surface area contributed by atoms with E-state index in [0.717, 1.165) is 16.3 Å². The van der Waals surface area contributed by atoms with E-state index >= 15 is 0 Å². The molecule has 21 heavy (non-hydrogen) atoms. The predicted octanol–water partition coefficient (Wildman–Crippen LogP) is 4.88. The van der Waals surface area contributed by atoms with Crippen LogP contribution in [-0.4, -0.2) is 10.2 Å². The molecule has 104 valence electrons. The number of benzene rings is 2. The summed E-state index contributed by atoms with van der Waals surface area (Å²) >= 11 is 6.03. The molecule has 0 radical (unpaired) electrons. The van der Waals surface area contributed by atoms with Gasteiger partial charge in [0.2, 0.25) is 5.82 Å². The third-order valence-corrected chi connectivity index (χ3v) is 3.57. The van der Waals surface area contributed by atoms with E-state index in [1.54, 1.807) is 0 Å². The highest BCUT2D eigenvalue weighted by Crippen LogP contribution is 2.27. The van der Waals surface area contributed by atoms with Gasteiger partial charge in [0.05, 0.1) is 6.54 Å². The molecule has 3 rings (SSSR count). The summed E-state index contributed by atoms with van der Waals surface area (Å²) in [6.07, 6.45) is 0. The van der Waals surface area contributed by atoms with Crippen molar-refractivity contribution in [2.24, 2.45) is 10.2 Å². The van der Waals surface area contributed by atoms with E-state index in [1.165, 1.54) is 5.56 Å². The fourth-order valence-corrected chi connectivity index (χ4v) is 2.30. The van der Waals surface area contributed by atoms with Gasteiger partial charge in [0.25, 0.3) is 0 Å². The number of rotatable bonds is 3. The van der Waals surface area contributed by atoms with Crippen molar-refractivity contribution in [2.75, 3.05) is 0 Å². The highest BCUT2D eigenvalue weighted by Gasteiger charge is 2.06. The summed E-state index contributed by atoms with van der Waals surface area (Å²) in [6, 6.07) is 15.7. The second-order valence-electron chi connectivity index (χ2n) is 4.69. The predicted molar refractivity (Wildman–Crippen MR) is 83.9 cm³/mol. The van der Waals surface area contributed by atoms with E-state index in [4.69, 9.17) is 11.6 Å². The second kappa shape index (κ2) is 5.97. The molecule has 0 fully saturated rings. The number of aromatic nitrogens is 2. The van der Waals surface area contributed by atoms with Crippen LogP contribution < -0.4 is 0 Å². The quantitative estimate of drug-likeness (QED) is 0.647. The zero-order valence-corrected chi connectivity index (χ0v) is 12.2. The molecule has 5 heteroatoms. The third kappa shape index (κ3) is 2.90. The minimum absolute atomic E-state index is 0.378. The molecule has 0 saturated heterocycles. The van der Waals surface area contributed by atoms with Gasteiger partial charge in [-0.05, 0) is 18.1 Å². The van der Waals surface area contributed by atoms with Crippen LogP contribution in [0.15, 0.2) is 58.8 Å². The molecular formula is C16H13ClN4. The van der Waals surface area contributed by atoms with Crippen molar-refractivity contribution in [2.45, 2.75) is 13.5 Å². The third-order valence-electron chi connectivity index (χ3n) is 3.29. The van der Waals surface area contributed by atoms with E-state index in [9.17, 15) is 0 Å². The SMILES string of the molecule is Cc1ccccc1CN=Nc1nnc(Cl)c2ccccc12. The minimum atomic E-state index is 0.378. The summed E-state index contributed by atoms with van der Waals surface area (Å²) in [6.45, 7) is 2.58. The molecule has 0 aliphatic rings. The van der Waals surface area contributed by atoms with E-state index in [1.807, 2.05) is 42.5 Å². The van der Waals surface area contributed by atoms with Crippen molar-refractivity contribution in [3.63, 3.8) is 0 Å². The van der Waals surface area contributed by atoms with Crippen LogP contribution in [0.5, 0.6) is 0 Å². The average Bonchev–Trinajstić information content (AvgIpc) is 2.52. The Labute approximate surface area is 127 Å². The molecule has 0 amide bonds. The Bertz CT molecular complexity index is 814. The van der Waals surface area contributed by atoms with E-state index in [2.05, 4.69) is 33.4 Å². The first kappa shape index (κ1) is 13.6. The first-order valence-corrected chi connectivity index (χ1v) is 6.96. The van der Waals surface area contributed by atoms with Gasteiger partial charge >= 0.3 is 0 Å². The first-order valence-electron chi connectivity index (χ1n) is 6.58. The Morgan fingerprint density at radius 2 is 1.67 bits per heavy atom.